The summed E-state index contributed by atoms with van der Waals surface area (Å²) in [7, 11) is 0. The van der Waals surface area contributed by atoms with Crippen LogP contribution in [-0.2, 0) is 0 Å². The Morgan fingerprint density at radius 3 is 2.29 bits per heavy atom. The van der Waals surface area contributed by atoms with Crippen molar-refractivity contribution in [2.24, 2.45) is 0 Å². The van der Waals surface area contributed by atoms with E-state index in [4.69, 9.17) is 4.52 Å². The molecule has 1 aliphatic rings. The van der Waals surface area contributed by atoms with E-state index in [0.717, 1.165) is 24.1 Å². The number of likely N-dealkylation sites (tertiary alicyclic amines) is 1. The number of hydrogen-bond acceptors (Lipinski definition) is 6. The van der Waals surface area contributed by atoms with E-state index in [2.05, 4.69) is 20.2 Å². The summed E-state index contributed by atoms with van der Waals surface area (Å²) >= 11 is 0. The molecule has 0 unspecified atom stereocenters. The minimum atomic E-state index is -0.160. The maximum Gasteiger partial charge on any atom is 0.293 e. The third kappa shape index (κ3) is 3.84. The molecule has 8 heteroatoms. The second-order valence-corrected chi connectivity index (χ2v) is 7.62. The molecule has 31 heavy (non-hydrogen) atoms. The van der Waals surface area contributed by atoms with Gasteiger partial charge < -0.3 is 9.42 Å². The van der Waals surface area contributed by atoms with Crippen molar-refractivity contribution in [3.8, 4) is 17.1 Å². The van der Waals surface area contributed by atoms with Crippen LogP contribution < -0.4 is 0 Å². The average Bonchev–Trinajstić information content (AvgIpc) is 3.47. The van der Waals surface area contributed by atoms with Gasteiger partial charge in [-0.15, -0.1) is 5.10 Å². The van der Waals surface area contributed by atoms with Gasteiger partial charge in [0.2, 0.25) is 11.7 Å². The summed E-state index contributed by atoms with van der Waals surface area (Å²) in [5.74, 6) is 2.16. The zero-order valence-corrected chi connectivity index (χ0v) is 17.2. The van der Waals surface area contributed by atoms with Gasteiger partial charge in [-0.3, -0.25) is 4.79 Å². The fourth-order valence-corrected chi connectivity index (χ4v) is 3.88. The summed E-state index contributed by atoms with van der Waals surface area (Å²) < 4.78 is 7.04. The number of amides is 1. The molecule has 1 aliphatic heterocycles. The molecule has 4 aromatic rings. The lowest BCUT2D eigenvalue weighted by Gasteiger charge is -2.29. The second kappa shape index (κ2) is 8.14. The number of nitrogens with zero attached hydrogens (tertiary/aromatic N) is 6. The fraction of sp³-hybridized carbons (Fsp3) is 0.261. The van der Waals surface area contributed by atoms with Crippen molar-refractivity contribution in [2.75, 3.05) is 13.1 Å². The van der Waals surface area contributed by atoms with Crippen LogP contribution in [0.5, 0.6) is 0 Å². The number of carbonyl (C=O) groups excluding carboxylic acids is 1. The number of para-hydroxylation sites is 1. The van der Waals surface area contributed by atoms with Crippen LogP contribution in [0.2, 0.25) is 0 Å². The van der Waals surface area contributed by atoms with Crippen molar-refractivity contribution >= 4 is 5.91 Å². The van der Waals surface area contributed by atoms with Crippen LogP contribution in [0.15, 0.2) is 65.2 Å². The smallest absolute Gasteiger partial charge is 0.293 e. The molecule has 1 fully saturated rings. The average molecular weight is 414 g/mol. The third-order valence-corrected chi connectivity index (χ3v) is 5.51. The molecule has 156 valence electrons. The Morgan fingerprint density at radius 1 is 0.968 bits per heavy atom. The molecule has 0 radical (unpaired) electrons. The lowest BCUT2D eigenvalue weighted by atomic mass is 9.96. The standard InChI is InChI=1S/C23H22N6O2/c1-16-24-22(31-27-16)18-12-14-28(15-13-18)23(30)20-25-21(17-8-4-2-5-9-17)29(26-20)19-10-6-3-7-11-19/h2-11,18H,12-15H2,1H3. The van der Waals surface area contributed by atoms with Gasteiger partial charge in [0.05, 0.1) is 5.69 Å². The molecule has 0 bridgehead atoms. The van der Waals surface area contributed by atoms with E-state index in [9.17, 15) is 4.79 Å². The van der Waals surface area contributed by atoms with Crippen LogP contribution in [-0.4, -0.2) is 48.8 Å². The summed E-state index contributed by atoms with van der Waals surface area (Å²) in [4.78, 5) is 24.0. The van der Waals surface area contributed by atoms with Gasteiger partial charge in [-0.1, -0.05) is 53.7 Å². The molecule has 2 aromatic carbocycles. The first-order chi connectivity index (χ1) is 15.2. The Labute approximate surface area is 179 Å². The van der Waals surface area contributed by atoms with Crippen LogP contribution in [0, 0.1) is 6.92 Å². The van der Waals surface area contributed by atoms with E-state index in [1.165, 1.54) is 0 Å². The van der Waals surface area contributed by atoms with E-state index in [0.29, 0.717) is 30.6 Å². The van der Waals surface area contributed by atoms with Crippen molar-refractivity contribution < 1.29 is 9.32 Å². The van der Waals surface area contributed by atoms with E-state index in [1.54, 1.807) is 9.58 Å². The van der Waals surface area contributed by atoms with E-state index in [-0.39, 0.29) is 17.6 Å². The SMILES string of the molecule is Cc1noc(C2CCN(C(=O)c3nc(-c4ccccc4)n(-c4ccccc4)n3)CC2)n1. The van der Waals surface area contributed by atoms with Crippen LogP contribution in [0.25, 0.3) is 17.1 Å². The first kappa shape index (κ1) is 19.2. The van der Waals surface area contributed by atoms with Gasteiger partial charge in [0.1, 0.15) is 0 Å². The highest BCUT2D eigenvalue weighted by atomic mass is 16.5. The largest absolute Gasteiger partial charge is 0.339 e. The first-order valence-electron chi connectivity index (χ1n) is 10.4. The van der Waals surface area contributed by atoms with Gasteiger partial charge in [0, 0.05) is 24.6 Å². The Hall–Kier alpha value is -3.81. The van der Waals surface area contributed by atoms with Crippen LogP contribution in [0.1, 0.15) is 41.1 Å². The molecule has 2 aromatic heterocycles. The Balaban J connectivity index is 1.40. The zero-order chi connectivity index (χ0) is 21.2. The van der Waals surface area contributed by atoms with Crippen molar-refractivity contribution in [3.05, 3.63) is 78.2 Å². The molecule has 0 saturated carbocycles. The summed E-state index contributed by atoms with van der Waals surface area (Å²) in [6, 6.07) is 19.5. The van der Waals surface area contributed by atoms with Crippen molar-refractivity contribution in [1.82, 2.24) is 29.8 Å². The van der Waals surface area contributed by atoms with Gasteiger partial charge in [-0.05, 0) is 31.9 Å². The topological polar surface area (TPSA) is 89.9 Å². The number of aromatic nitrogens is 5. The molecule has 0 spiro atoms. The molecule has 0 aliphatic carbocycles. The van der Waals surface area contributed by atoms with E-state index >= 15 is 0 Å². The number of benzene rings is 2. The highest BCUT2D eigenvalue weighted by Crippen LogP contribution is 2.28. The third-order valence-electron chi connectivity index (χ3n) is 5.51. The zero-order valence-electron chi connectivity index (χ0n) is 17.2. The van der Waals surface area contributed by atoms with Gasteiger partial charge in [-0.2, -0.15) is 4.98 Å². The first-order valence-corrected chi connectivity index (χ1v) is 10.4. The number of hydrogen-bond donors (Lipinski definition) is 0. The lowest BCUT2D eigenvalue weighted by Crippen LogP contribution is -2.38. The van der Waals surface area contributed by atoms with Gasteiger partial charge in [-0.25, -0.2) is 9.67 Å². The van der Waals surface area contributed by atoms with Crippen molar-refractivity contribution in [1.29, 1.82) is 0 Å². The predicted molar refractivity (Wildman–Crippen MR) is 114 cm³/mol. The minimum absolute atomic E-state index is 0.160. The molecule has 3 heterocycles. The monoisotopic (exact) mass is 414 g/mol. The highest BCUT2D eigenvalue weighted by molar-refractivity contribution is 5.91. The molecule has 1 saturated heterocycles. The lowest BCUT2D eigenvalue weighted by molar-refractivity contribution is 0.0692. The number of piperidine rings is 1. The molecule has 0 N–H and O–H groups in total. The molecule has 5 rings (SSSR count). The summed E-state index contributed by atoms with van der Waals surface area (Å²) in [6.45, 7) is 3.02. The Bertz CT molecular complexity index is 1120. The van der Waals surface area contributed by atoms with Gasteiger partial charge >= 0.3 is 0 Å². The number of aryl methyl sites for hydroxylation is 1. The maximum absolute atomic E-state index is 13.2. The number of carbonyl (C=O) groups is 1. The Morgan fingerprint density at radius 2 is 1.65 bits per heavy atom. The molecular formula is C23H22N6O2. The predicted octanol–water partition coefficient (Wildman–Crippen LogP) is 3.65. The normalized spacial score (nSPS) is 14.7. The highest BCUT2D eigenvalue weighted by Gasteiger charge is 2.30. The summed E-state index contributed by atoms with van der Waals surface area (Å²) in [6.07, 6.45) is 1.55. The molecular weight excluding hydrogens is 392 g/mol. The van der Waals surface area contributed by atoms with Crippen LogP contribution >= 0.6 is 0 Å². The van der Waals surface area contributed by atoms with Gasteiger partial charge in [0.15, 0.2) is 11.6 Å². The van der Waals surface area contributed by atoms with Gasteiger partial charge in [0.25, 0.3) is 5.91 Å². The summed E-state index contributed by atoms with van der Waals surface area (Å²) in [5.41, 5.74) is 1.77. The van der Waals surface area contributed by atoms with E-state index < -0.39 is 0 Å². The second-order valence-electron chi connectivity index (χ2n) is 7.62. The quantitative estimate of drug-likeness (QED) is 0.506. The molecule has 1 amide bonds. The van der Waals surface area contributed by atoms with E-state index in [1.807, 2.05) is 67.6 Å². The number of rotatable bonds is 4. The Kier molecular flexibility index (Phi) is 5.03. The molecule has 8 nitrogen and oxygen atoms in total. The summed E-state index contributed by atoms with van der Waals surface area (Å²) in [5, 5.41) is 8.46. The maximum atomic E-state index is 13.2. The van der Waals surface area contributed by atoms with Crippen molar-refractivity contribution in [3.63, 3.8) is 0 Å². The van der Waals surface area contributed by atoms with Crippen LogP contribution in [0.4, 0.5) is 0 Å². The minimum Gasteiger partial charge on any atom is -0.339 e. The van der Waals surface area contributed by atoms with Crippen molar-refractivity contribution in [2.45, 2.75) is 25.7 Å². The van der Waals surface area contributed by atoms with Crippen LogP contribution in [0.3, 0.4) is 0 Å². The molecule has 0 atom stereocenters. The fourth-order valence-electron chi connectivity index (χ4n) is 3.88.